The minimum Gasteiger partial charge on any atom is -0.452 e. The molecule has 24 heavy (non-hydrogen) atoms. The lowest BCUT2D eigenvalue weighted by molar-refractivity contribution is -0.385. The number of benzene rings is 1. The molecule has 2 rings (SSSR count). The van der Waals surface area contributed by atoms with Gasteiger partial charge in [-0.1, -0.05) is 31.4 Å². The minimum atomic E-state index is -0.716. The van der Waals surface area contributed by atoms with Gasteiger partial charge < -0.3 is 10.1 Å². The average molecular weight is 332 g/mol. The highest BCUT2D eigenvalue weighted by molar-refractivity contribution is 5.89. The maximum atomic E-state index is 11.7. The Balaban J connectivity index is 1.80. The number of carbonyl (C=O) groups is 2. The van der Waals surface area contributed by atoms with Crippen molar-refractivity contribution in [1.82, 2.24) is 5.32 Å². The first-order chi connectivity index (χ1) is 11.6. The number of ether oxygens (including phenoxy) is 1. The molecule has 1 aliphatic carbocycles. The molecule has 7 heteroatoms. The van der Waals surface area contributed by atoms with E-state index in [0.29, 0.717) is 5.56 Å². The third kappa shape index (κ3) is 5.49. The second kappa shape index (κ2) is 8.81. The molecular weight excluding hydrogens is 312 g/mol. The molecule has 128 valence electrons. The van der Waals surface area contributed by atoms with Crippen LogP contribution in [0.4, 0.5) is 5.69 Å². The molecule has 0 spiro atoms. The molecule has 1 aliphatic rings. The molecule has 1 aromatic rings. The molecule has 1 amide bonds. The van der Waals surface area contributed by atoms with E-state index in [2.05, 4.69) is 5.32 Å². The second-order valence-corrected chi connectivity index (χ2v) is 5.66. The standard InChI is InChI=1S/C17H20N2O5/c20-16(18-14-7-2-1-3-8-14)12-24-17(21)11-10-13-6-4-5-9-15(13)19(22)23/h4-6,9-11,14H,1-3,7-8,12H2,(H,18,20)/b11-10+. The summed E-state index contributed by atoms with van der Waals surface area (Å²) < 4.78 is 4.86. The number of carbonyl (C=O) groups excluding carboxylic acids is 2. The van der Waals surface area contributed by atoms with Crippen LogP contribution in [0.15, 0.2) is 30.3 Å². The van der Waals surface area contributed by atoms with Crippen LogP contribution in [-0.2, 0) is 14.3 Å². The van der Waals surface area contributed by atoms with Gasteiger partial charge in [-0.3, -0.25) is 14.9 Å². The van der Waals surface area contributed by atoms with Crippen LogP contribution >= 0.6 is 0 Å². The normalized spacial score (nSPS) is 15.2. The van der Waals surface area contributed by atoms with Crippen molar-refractivity contribution in [1.29, 1.82) is 0 Å². The lowest BCUT2D eigenvalue weighted by atomic mass is 9.95. The zero-order valence-electron chi connectivity index (χ0n) is 13.3. The van der Waals surface area contributed by atoms with Gasteiger partial charge in [0.25, 0.3) is 11.6 Å². The molecule has 0 unspecified atom stereocenters. The van der Waals surface area contributed by atoms with Crippen molar-refractivity contribution in [2.24, 2.45) is 0 Å². The van der Waals surface area contributed by atoms with E-state index in [1.54, 1.807) is 12.1 Å². The smallest absolute Gasteiger partial charge is 0.331 e. The Hall–Kier alpha value is -2.70. The van der Waals surface area contributed by atoms with Gasteiger partial charge in [-0.05, 0) is 25.0 Å². The zero-order valence-corrected chi connectivity index (χ0v) is 13.3. The highest BCUT2D eigenvalue weighted by Gasteiger charge is 2.16. The third-order valence-corrected chi connectivity index (χ3v) is 3.85. The van der Waals surface area contributed by atoms with E-state index in [-0.39, 0.29) is 24.2 Å². The number of nitrogens with one attached hydrogen (secondary N) is 1. The molecule has 1 saturated carbocycles. The fourth-order valence-corrected chi connectivity index (χ4v) is 2.65. The van der Waals surface area contributed by atoms with Crippen LogP contribution in [0.2, 0.25) is 0 Å². The first-order valence-electron chi connectivity index (χ1n) is 7.94. The molecule has 0 aromatic heterocycles. The number of para-hydroxylation sites is 1. The van der Waals surface area contributed by atoms with E-state index in [1.165, 1.54) is 24.6 Å². The van der Waals surface area contributed by atoms with E-state index >= 15 is 0 Å². The number of amides is 1. The molecule has 1 aromatic carbocycles. The summed E-state index contributed by atoms with van der Waals surface area (Å²) in [4.78, 5) is 33.7. The monoisotopic (exact) mass is 332 g/mol. The number of nitrogens with zero attached hydrogens (tertiary/aromatic N) is 1. The Morgan fingerprint density at radius 1 is 1.25 bits per heavy atom. The number of hydrogen-bond acceptors (Lipinski definition) is 5. The predicted molar refractivity (Wildman–Crippen MR) is 88.1 cm³/mol. The summed E-state index contributed by atoms with van der Waals surface area (Å²) in [7, 11) is 0. The first-order valence-corrected chi connectivity index (χ1v) is 7.94. The lowest BCUT2D eigenvalue weighted by Crippen LogP contribution is -2.38. The van der Waals surface area contributed by atoms with Crippen LogP contribution in [0.1, 0.15) is 37.7 Å². The molecule has 0 saturated heterocycles. The fourth-order valence-electron chi connectivity index (χ4n) is 2.65. The largest absolute Gasteiger partial charge is 0.452 e. The topological polar surface area (TPSA) is 98.5 Å². The maximum absolute atomic E-state index is 11.7. The van der Waals surface area contributed by atoms with Crippen molar-refractivity contribution in [2.75, 3.05) is 6.61 Å². The molecule has 1 N–H and O–H groups in total. The van der Waals surface area contributed by atoms with Crippen molar-refractivity contribution in [3.05, 3.63) is 46.0 Å². The van der Waals surface area contributed by atoms with Crippen molar-refractivity contribution in [2.45, 2.75) is 38.1 Å². The Morgan fingerprint density at radius 3 is 2.67 bits per heavy atom. The number of hydrogen-bond donors (Lipinski definition) is 1. The minimum absolute atomic E-state index is 0.100. The van der Waals surface area contributed by atoms with Gasteiger partial charge in [0.15, 0.2) is 6.61 Å². The van der Waals surface area contributed by atoms with Crippen LogP contribution in [0.3, 0.4) is 0 Å². The summed E-state index contributed by atoms with van der Waals surface area (Å²) in [5, 5.41) is 13.7. The molecule has 0 heterocycles. The van der Waals surface area contributed by atoms with Gasteiger partial charge in [0.05, 0.1) is 10.5 Å². The highest BCUT2D eigenvalue weighted by atomic mass is 16.6. The maximum Gasteiger partial charge on any atom is 0.331 e. The Bertz CT molecular complexity index is 636. The predicted octanol–water partition coefficient (Wildman–Crippen LogP) is 2.60. The molecular formula is C17H20N2O5. The average Bonchev–Trinajstić information content (AvgIpc) is 2.59. The van der Waals surface area contributed by atoms with Gasteiger partial charge in [0, 0.05) is 18.2 Å². The summed E-state index contributed by atoms with van der Waals surface area (Å²) >= 11 is 0. The Labute approximate surface area is 139 Å². The van der Waals surface area contributed by atoms with E-state index < -0.39 is 10.9 Å². The van der Waals surface area contributed by atoms with Gasteiger partial charge >= 0.3 is 5.97 Å². The van der Waals surface area contributed by atoms with Crippen LogP contribution in [0, 0.1) is 10.1 Å². The van der Waals surface area contributed by atoms with E-state index in [4.69, 9.17) is 4.74 Å². The summed E-state index contributed by atoms with van der Waals surface area (Å²) in [5.74, 6) is -1.04. The highest BCUT2D eigenvalue weighted by Crippen LogP contribution is 2.19. The number of nitro benzene ring substituents is 1. The summed E-state index contributed by atoms with van der Waals surface area (Å²) in [6.07, 6.45) is 7.69. The van der Waals surface area contributed by atoms with Crippen molar-refractivity contribution in [3.8, 4) is 0 Å². The van der Waals surface area contributed by atoms with Gasteiger partial charge in [0.2, 0.25) is 0 Å². The van der Waals surface area contributed by atoms with Crippen LogP contribution in [0.25, 0.3) is 6.08 Å². The quantitative estimate of drug-likeness (QED) is 0.374. The third-order valence-electron chi connectivity index (χ3n) is 3.85. The molecule has 0 radical (unpaired) electrons. The summed E-state index contributed by atoms with van der Waals surface area (Å²) in [6, 6.07) is 6.21. The van der Waals surface area contributed by atoms with Gasteiger partial charge in [-0.25, -0.2) is 4.79 Å². The van der Waals surface area contributed by atoms with Crippen molar-refractivity contribution < 1.29 is 19.2 Å². The second-order valence-electron chi connectivity index (χ2n) is 5.66. The van der Waals surface area contributed by atoms with Crippen molar-refractivity contribution >= 4 is 23.6 Å². The Kier molecular flexibility index (Phi) is 6.48. The molecule has 0 aliphatic heterocycles. The molecule has 1 fully saturated rings. The fraction of sp³-hybridized carbons (Fsp3) is 0.412. The number of rotatable bonds is 6. The molecule has 7 nitrogen and oxygen atoms in total. The van der Waals surface area contributed by atoms with E-state index in [9.17, 15) is 19.7 Å². The molecule has 0 atom stereocenters. The van der Waals surface area contributed by atoms with E-state index in [0.717, 1.165) is 31.8 Å². The number of esters is 1. The van der Waals surface area contributed by atoms with Gasteiger partial charge in [-0.2, -0.15) is 0 Å². The SMILES string of the molecule is O=C(COC(=O)/C=C/c1ccccc1[N+](=O)[O-])NC1CCCCC1. The van der Waals surface area contributed by atoms with Crippen molar-refractivity contribution in [3.63, 3.8) is 0 Å². The van der Waals surface area contributed by atoms with Gasteiger partial charge in [-0.15, -0.1) is 0 Å². The van der Waals surface area contributed by atoms with Gasteiger partial charge in [0.1, 0.15) is 0 Å². The van der Waals surface area contributed by atoms with Crippen LogP contribution in [-0.4, -0.2) is 29.4 Å². The molecule has 0 bridgehead atoms. The van der Waals surface area contributed by atoms with Crippen LogP contribution in [0.5, 0.6) is 0 Å². The van der Waals surface area contributed by atoms with Crippen LogP contribution < -0.4 is 5.32 Å². The number of nitro groups is 1. The van der Waals surface area contributed by atoms with E-state index in [1.807, 2.05) is 0 Å². The zero-order chi connectivity index (χ0) is 17.4. The summed E-state index contributed by atoms with van der Waals surface area (Å²) in [5.41, 5.74) is 0.197. The Morgan fingerprint density at radius 2 is 1.96 bits per heavy atom. The first kappa shape index (κ1) is 17.7. The lowest BCUT2D eigenvalue weighted by Gasteiger charge is -2.22. The summed E-state index contributed by atoms with van der Waals surface area (Å²) in [6.45, 7) is -0.351.